The van der Waals surface area contributed by atoms with Crippen molar-refractivity contribution in [3.05, 3.63) is 27.7 Å². The van der Waals surface area contributed by atoms with Crippen LogP contribution < -0.4 is 10.6 Å². The molecule has 0 aliphatic heterocycles. The van der Waals surface area contributed by atoms with Gasteiger partial charge < -0.3 is 15.7 Å². The van der Waals surface area contributed by atoms with Gasteiger partial charge in [-0.1, -0.05) is 31.0 Å². The first-order chi connectivity index (χ1) is 9.30. The number of rotatable bonds is 5. The van der Waals surface area contributed by atoms with Gasteiger partial charge in [-0.15, -0.1) is 0 Å². The fourth-order valence-corrected chi connectivity index (χ4v) is 2.27. The molecule has 5 nitrogen and oxygen atoms in total. The Balaban J connectivity index is 2.81. The SMILES string of the molecule is CCCC(C)(NC(=O)Nc1cccc(Cl)c1Br)C(=O)O. The number of amides is 2. The Morgan fingerprint density at radius 3 is 2.65 bits per heavy atom. The smallest absolute Gasteiger partial charge is 0.329 e. The zero-order chi connectivity index (χ0) is 15.3. The van der Waals surface area contributed by atoms with Gasteiger partial charge in [-0.25, -0.2) is 9.59 Å². The Bertz CT molecular complexity index is 524. The molecule has 1 rings (SSSR count). The molecular formula is C13H16BrClN2O3. The summed E-state index contributed by atoms with van der Waals surface area (Å²) in [5.74, 6) is -1.07. The van der Waals surface area contributed by atoms with Crippen LogP contribution in [0.1, 0.15) is 26.7 Å². The van der Waals surface area contributed by atoms with Crippen LogP contribution in [-0.2, 0) is 4.79 Å². The normalized spacial score (nSPS) is 13.4. The van der Waals surface area contributed by atoms with Gasteiger partial charge in [0.1, 0.15) is 5.54 Å². The van der Waals surface area contributed by atoms with Crippen molar-refractivity contribution in [2.75, 3.05) is 5.32 Å². The van der Waals surface area contributed by atoms with Crippen molar-refractivity contribution in [1.82, 2.24) is 5.32 Å². The number of carboxylic acid groups (broad SMARTS) is 1. The summed E-state index contributed by atoms with van der Waals surface area (Å²) < 4.78 is 0.546. The molecule has 3 N–H and O–H groups in total. The third-order valence-electron chi connectivity index (χ3n) is 2.81. The van der Waals surface area contributed by atoms with Gasteiger partial charge in [0.2, 0.25) is 0 Å². The van der Waals surface area contributed by atoms with Crippen LogP contribution in [-0.4, -0.2) is 22.6 Å². The van der Waals surface area contributed by atoms with E-state index in [4.69, 9.17) is 11.6 Å². The number of benzene rings is 1. The van der Waals surface area contributed by atoms with E-state index in [1.807, 2.05) is 6.92 Å². The lowest BCUT2D eigenvalue weighted by Crippen LogP contribution is -2.53. The highest BCUT2D eigenvalue weighted by Crippen LogP contribution is 2.30. The van der Waals surface area contributed by atoms with E-state index in [1.165, 1.54) is 6.92 Å². The van der Waals surface area contributed by atoms with Gasteiger partial charge in [0.15, 0.2) is 0 Å². The maximum atomic E-state index is 11.9. The van der Waals surface area contributed by atoms with E-state index in [0.29, 0.717) is 28.0 Å². The maximum Gasteiger partial charge on any atom is 0.329 e. The first kappa shape index (κ1) is 16.8. The summed E-state index contributed by atoms with van der Waals surface area (Å²) in [5.41, 5.74) is -0.830. The van der Waals surface area contributed by atoms with E-state index >= 15 is 0 Å². The molecule has 20 heavy (non-hydrogen) atoms. The second-order valence-corrected chi connectivity index (χ2v) is 5.77. The minimum atomic E-state index is -1.30. The molecule has 1 atom stereocenters. The topological polar surface area (TPSA) is 78.4 Å². The van der Waals surface area contributed by atoms with Gasteiger partial charge in [0.25, 0.3) is 0 Å². The van der Waals surface area contributed by atoms with Gasteiger partial charge >= 0.3 is 12.0 Å². The Morgan fingerprint density at radius 1 is 1.45 bits per heavy atom. The van der Waals surface area contributed by atoms with E-state index in [9.17, 15) is 14.7 Å². The monoisotopic (exact) mass is 362 g/mol. The van der Waals surface area contributed by atoms with Crippen molar-refractivity contribution in [2.24, 2.45) is 0 Å². The predicted molar refractivity (Wildman–Crippen MR) is 82.3 cm³/mol. The molecule has 1 aromatic carbocycles. The van der Waals surface area contributed by atoms with Gasteiger partial charge in [0, 0.05) is 0 Å². The second-order valence-electron chi connectivity index (χ2n) is 4.57. The molecule has 0 aromatic heterocycles. The number of anilines is 1. The van der Waals surface area contributed by atoms with E-state index < -0.39 is 17.5 Å². The summed E-state index contributed by atoms with van der Waals surface area (Å²) in [4.78, 5) is 23.2. The quantitative estimate of drug-likeness (QED) is 0.743. The minimum Gasteiger partial charge on any atom is -0.480 e. The van der Waals surface area contributed by atoms with Crippen molar-refractivity contribution in [3.63, 3.8) is 0 Å². The van der Waals surface area contributed by atoms with Crippen LogP contribution in [0.3, 0.4) is 0 Å². The van der Waals surface area contributed by atoms with Crippen LogP contribution in [0.4, 0.5) is 10.5 Å². The Labute approximate surface area is 130 Å². The molecule has 1 aromatic rings. The third-order valence-corrected chi connectivity index (χ3v) is 4.21. The zero-order valence-electron chi connectivity index (χ0n) is 11.2. The third kappa shape index (κ3) is 4.11. The molecule has 0 saturated heterocycles. The largest absolute Gasteiger partial charge is 0.480 e. The standard InChI is InChI=1S/C13H16BrClN2O3/c1-3-7-13(2,11(18)19)17-12(20)16-9-6-4-5-8(15)10(9)14/h4-6H,3,7H2,1-2H3,(H,18,19)(H2,16,17,20). The average Bonchev–Trinajstić information content (AvgIpc) is 2.35. The summed E-state index contributed by atoms with van der Waals surface area (Å²) >= 11 is 9.18. The second kappa shape index (κ2) is 6.95. The summed E-state index contributed by atoms with van der Waals surface area (Å²) in [6, 6.07) is 4.43. The molecule has 1 unspecified atom stereocenters. The number of nitrogens with one attached hydrogen (secondary N) is 2. The van der Waals surface area contributed by atoms with Crippen molar-refractivity contribution in [1.29, 1.82) is 0 Å². The number of urea groups is 1. The molecule has 2 amide bonds. The highest BCUT2D eigenvalue weighted by molar-refractivity contribution is 9.10. The zero-order valence-corrected chi connectivity index (χ0v) is 13.5. The van der Waals surface area contributed by atoms with Crippen LogP contribution in [0.2, 0.25) is 5.02 Å². The first-order valence-electron chi connectivity index (χ1n) is 6.06. The minimum absolute atomic E-state index is 0.340. The number of carboxylic acids is 1. The van der Waals surface area contributed by atoms with Crippen molar-refractivity contribution in [2.45, 2.75) is 32.2 Å². The number of hydrogen-bond donors (Lipinski definition) is 3. The van der Waals surface area contributed by atoms with Gasteiger partial charge in [-0.05, 0) is 41.4 Å². The maximum absolute atomic E-state index is 11.9. The summed E-state index contributed by atoms with van der Waals surface area (Å²) in [6.07, 6.45) is 0.983. The lowest BCUT2D eigenvalue weighted by molar-refractivity contribution is -0.143. The molecule has 0 bridgehead atoms. The lowest BCUT2D eigenvalue weighted by Gasteiger charge is -2.26. The van der Waals surface area contributed by atoms with Crippen LogP contribution in [0.25, 0.3) is 0 Å². The van der Waals surface area contributed by atoms with E-state index in [0.717, 1.165) is 0 Å². The molecule has 7 heteroatoms. The Hall–Kier alpha value is -1.27. The molecular weight excluding hydrogens is 348 g/mol. The Morgan fingerprint density at radius 2 is 2.10 bits per heavy atom. The molecule has 0 aliphatic carbocycles. The van der Waals surface area contributed by atoms with Crippen LogP contribution >= 0.6 is 27.5 Å². The number of carbonyl (C=O) groups is 2. The highest BCUT2D eigenvalue weighted by Gasteiger charge is 2.33. The van der Waals surface area contributed by atoms with E-state index in [1.54, 1.807) is 18.2 Å². The summed E-state index contributed by atoms with van der Waals surface area (Å²) in [5, 5.41) is 14.7. The van der Waals surface area contributed by atoms with E-state index in [2.05, 4.69) is 26.6 Å². The first-order valence-corrected chi connectivity index (χ1v) is 7.24. The lowest BCUT2D eigenvalue weighted by atomic mass is 9.97. The van der Waals surface area contributed by atoms with Crippen LogP contribution in [0.15, 0.2) is 22.7 Å². The fraction of sp³-hybridized carbons (Fsp3) is 0.385. The molecule has 0 heterocycles. The molecule has 0 spiro atoms. The molecule has 0 aliphatic rings. The molecule has 0 radical (unpaired) electrons. The summed E-state index contributed by atoms with van der Waals surface area (Å²) in [7, 11) is 0. The van der Waals surface area contributed by atoms with Gasteiger partial charge in [0.05, 0.1) is 15.2 Å². The number of aliphatic carboxylic acids is 1. The van der Waals surface area contributed by atoms with Gasteiger partial charge in [-0.2, -0.15) is 0 Å². The van der Waals surface area contributed by atoms with Crippen molar-refractivity contribution >= 4 is 45.2 Å². The molecule has 0 fully saturated rings. The molecule has 0 saturated carbocycles. The average molecular weight is 364 g/mol. The highest BCUT2D eigenvalue weighted by atomic mass is 79.9. The van der Waals surface area contributed by atoms with Crippen molar-refractivity contribution in [3.8, 4) is 0 Å². The van der Waals surface area contributed by atoms with Crippen molar-refractivity contribution < 1.29 is 14.7 Å². The predicted octanol–water partition coefficient (Wildman–Crippen LogP) is 3.87. The number of hydrogen-bond acceptors (Lipinski definition) is 2. The summed E-state index contributed by atoms with van der Waals surface area (Å²) in [6.45, 7) is 3.33. The van der Waals surface area contributed by atoms with E-state index in [-0.39, 0.29) is 0 Å². The number of carbonyl (C=O) groups excluding carboxylic acids is 1. The van der Waals surface area contributed by atoms with Crippen LogP contribution in [0.5, 0.6) is 0 Å². The Kier molecular flexibility index (Phi) is 5.83. The number of halogens is 2. The van der Waals surface area contributed by atoms with Gasteiger partial charge in [-0.3, -0.25) is 0 Å². The van der Waals surface area contributed by atoms with Crippen LogP contribution in [0, 0.1) is 0 Å². The molecule has 110 valence electrons. The fourth-order valence-electron chi connectivity index (χ4n) is 1.73.